The Labute approximate surface area is 200 Å². The van der Waals surface area contributed by atoms with Crippen LogP contribution in [0.25, 0.3) is 5.69 Å². The number of hydrogen-bond acceptors (Lipinski definition) is 5. The molecule has 3 rings (SSSR count). The number of amides is 3. The van der Waals surface area contributed by atoms with E-state index in [1.807, 2.05) is 30.5 Å². The van der Waals surface area contributed by atoms with Gasteiger partial charge in [-0.2, -0.15) is 0 Å². The van der Waals surface area contributed by atoms with E-state index in [0.717, 1.165) is 22.0 Å². The average Bonchev–Trinajstić information content (AvgIpc) is 3.24. The van der Waals surface area contributed by atoms with E-state index >= 15 is 0 Å². The van der Waals surface area contributed by atoms with Gasteiger partial charge in [0.25, 0.3) is 5.91 Å². The first-order valence-electron chi connectivity index (χ1n) is 11.7. The lowest BCUT2D eigenvalue weighted by atomic mass is 9.93. The Morgan fingerprint density at radius 3 is 2.21 bits per heavy atom. The molecule has 1 saturated heterocycles. The van der Waals surface area contributed by atoms with Crippen LogP contribution >= 0.6 is 0 Å². The van der Waals surface area contributed by atoms with Crippen LogP contribution in [0.3, 0.4) is 0 Å². The first-order chi connectivity index (χ1) is 16.0. The van der Waals surface area contributed by atoms with Gasteiger partial charge in [0.1, 0.15) is 12.1 Å². The largest absolute Gasteiger partial charge is 0.456 e. The number of aromatic nitrogens is 1. The van der Waals surface area contributed by atoms with Gasteiger partial charge >= 0.3 is 12.0 Å². The zero-order chi connectivity index (χ0) is 25.2. The standard InChI is InChI=1S/C26H33N3O5/c1-7-26(8-2)24(32)28(25(33)27-26)14-23(31)34-15-22(30)21-13-17(5)29(18(21)6)20-11-9-19(10-12-20)16(3)4/h9-13,16H,7-8,14-15H2,1-6H3,(H,27,33). The molecule has 0 atom stereocenters. The molecule has 8 nitrogen and oxygen atoms in total. The quantitative estimate of drug-likeness (QED) is 0.341. The third kappa shape index (κ3) is 4.62. The van der Waals surface area contributed by atoms with Gasteiger partial charge in [0.05, 0.1) is 0 Å². The van der Waals surface area contributed by atoms with Crippen LogP contribution in [0.5, 0.6) is 0 Å². The SMILES string of the molecule is CCC1(CC)NC(=O)N(CC(=O)OCC(=O)c2cc(C)n(-c3ccc(C(C)C)cc3)c2C)C1=O. The summed E-state index contributed by atoms with van der Waals surface area (Å²) in [6.45, 7) is 10.6. The molecule has 0 unspecified atom stereocenters. The highest BCUT2D eigenvalue weighted by molar-refractivity contribution is 6.08. The molecule has 0 saturated carbocycles. The lowest BCUT2D eigenvalue weighted by Gasteiger charge is -2.22. The number of urea groups is 1. The maximum Gasteiger partial charge on any atom is 0.326 e. The van der Waals surface area contributed by atoms with Crippen LogP contribution in [0.15, 0.2) is 30.3 Å². The number of nitrogens with one attached hydrogen (secondary N) is 1. The number of imide groups is 1. The summed E-state index contributed by atoms with van der Waals surface area (Å²) in [5.41, 5.74) is 3.29. The summed E-state index contributed by atoms with van der Waals surface area (Å²) in [5.74, 6) is -1.18. The molecule has 0 bridgehead atoms. The molecule has 1 aliphatic heterocycles. The maximum atomic E-state index is 12.8. The Morgan fingerprint density at radius 2 is 1.68 bits per heavy atom. The summed E-state index contributed by atoms with van der Waals surface area (Å²) in [4.78, 5) is 50.8. The highest BCUT2D eigenvalue weighted by Crippen LogP contribution is 2.25. The number of hydrogen-bond donors (Lipinski definition) is 1. The third-order valence-corrected chi connectivity index (χ3v) is 6.65. The van der Waals surface area contributed by atoms with Gasteiger partial charge in [-0.15, -0.1) is 0 Å². The molecule has 2 aromatic rings. The average molecular weight is 468 g/mol. The van der Waals surface area contributed by atoms with Gasteiger partial charge in [0.2, 0.25) is 5.78 Å². The van der Waals surface area contributed by atoms with Crippen LogP contribution in [-0.4, -0.2) is 51.8 Å². The fourth-order valence-corrected chi connectivity index (χ4v) is 4.40. The highest BCUT2D eigenvalue weighted by atomic mass is 16.5. The summed E-state index contributed by atoms with van der Waals surface area (Å²) in [6, 6.07) is 9.34. The smallest absolute Gasteiger partial charge is 0.326 e. The predicted molar refractivity (Wildman–Crippen MR) is 128 cm³/mol. The molecule has 8 heteroatoms. The fourth-order valence-electron chi connectivity index (χ4n) is 4.40. The molecule has 182 valence electrons. The van der Waals surface area contributed by atoms with Crippen LogP contribution in [0, 0.1) is 13.8 Å². The van der Waals surface area contributed by atoms with E-state index in [1.165, 1.54) is 5.56 Å². The zero-order valence-corrected chi connectivity index (χ0v) is 20.7. The number of esters is 1. The maximum absolute atomic E-state index is 12.8. The minimum atomic E-state index is -0.988. The van der Waals surface area contributed by atoms with Crippen molar-refractivity contribution < 1.29 is 23.9 Å². The molecule has 3 amide bonds. The minimum Gasteiger partial charge on any atom is -0.456 e. The second kappa shape index (κ2) is 9.83. The van der Waals surface area contributed by atoms with Crippen molar-refractivity contribution in [3.05, 3.63) is 52.8 Å². The number of carbonyl (C=O) groups is 4. The van der Waals surface area contributed by atoms with E-state index in [9.17, 15) is 19.2 Å². The van der Waals surface area contributed by atoms with E-state index in [1.54, 1.807) is 19.9 Å². The molecule has 1 aromatic heterocycles. The summed E-state index contributed by atoms with van der Waals surface area (Å²) < 4.78 is 7.12. The molecular weight excluding hydrogens is 434 g/mol. The molecule has 1 fully saturated rings. The first-order valence-corrected chi connectivity index (χ1v) is 11.7. The van der Waals surface area contributed by atoms with Gasteiger partial charge < -0.3 is 14.6 Å². The van der Waals surface area contributed by atoms with Crippen LogP contribution < -0.4 is 5.32 Å². The number of ketones is 1. The topological polar surface area (TPSA) is 97.7 Å². The number of nitrogens with zero attached hydrogens (tertiary/aromatic N) is 2. The Morgan fingerprint density at radius 1 is 1.06 bits per heavy atom. The van der Waals surface area contributed by atoms with E-state index < -0.39 is 36.6 Å². The van der Waals surface area contributed by atoms with Gasteiger partial charge in [0.15, 0.2) is 6.61 Å². The van der Waals surface area contributed by atoms with Crippen LogP contribution in [0.2, 0.25) is 0 Å². The Bertz CT molecular complexity index is 1110. The van der Waals surface area contributed by atoms with Gasteiger partial charge in [-0.1, -0.05) is 39.8 Å². The van der Waals surface area contributed by atoms with Gasteiger partial charge in [-0.25, -0.2) is 4.79 Å². The molecule has 1 aromatic carbocycles. The Hall–Kier alpha value is -3.42. The van der Waals surface area contributed by atoms with Crippen molar-refractivity contribution >= 4 is 23.7 Å². The summed E-state index contributed by atoms with van der Waals surface area (Å²) in [7, 11) is 0. The number of rotatable bonds is 9. The van der Waals surface area contributed by atoms with Crippen molar-refractivity contribution in [1.29, 1.82) is 0 Å². The lowest BCUT2D eigenvalue weighted by molar-refractivity contribution is -0.146. The van der Waals surface area contributed by atoms with Crippen LogP contribution in [0.4, 0.5) is 4.79 Å². The van der Waals surface area contributed by atoms with Crippen molar-refractivity contribution in [2.45, 2.75) is 65.8 Å². The molecule has 0 spiro atoms. The lowest BCUT2D eigenvalue weighted by Crippen LogP contribution is -2.46. The summed E-state index contributed by atoms with van der Waals surface area (Å²) in [6.07, 6.45) is 0.849. The Kier molecular flexibility index (Phi) is 7.29. The highest BCUT2D eigenvalue weighted by Gasteiger charge is 2.49. The number of Topliss-reactive ketones (excluding diaryl/α,β-unsaturated/α-hetero) is 1. The second-order valence-electron chi connectivity index (χ2n) is 9.06. The van der Waals surface area contributed by atoms with Gasteiger partial charge in [0, 0.05) is 22.6 Å². The van der Waals surface area contributed by atoms with Crippen molar-refractivity contribution in [1.82, 2.24) is 14.8 Å². The molecule has 0 radical (unpaired) electrons. The fraction of sp³-hybridized carbons (Fsp3) is 0.462. The predicted octanol–water partition coefficient (Wildman–Crippen LogP) is 4.05. The molecule has 2 heterocycles. The number of ether oxygens (including phenoxy) is 1. The van der Waals surface area contributed by atoms with Crippen molar-refractivity contribution in [2.24, 2.45) is 0 Å². The summed E-state index contributed by atoms with van der Waals surface area (Å²) in [5, 5.41) is 2.66. The first kappa shape index (κ1) is 25.2. The molecule has 34 heavy (non-hydrogen) atoms. The minimum absolute atomic E-state index is 0.347. The monoisotopic (exact) mass is 467 g/mol. The van der Waals surface area contributed by atoms with E-state index in [-0.39, 0.29) is 5.78 Å². The normalized spacial score (nSPS) is 15.1. The third-order valence-electron chi connectivity index (χ3n) is 6.65. The molecule has 1 aliphatic rings. The van der Waals surface area contributed by atoms with Gasteiger partial charge in [-0.3, -0.25) is 19.3 Å². The second-order valence-corrected chi connectivity index (χ2v) is 9.06. The number of benzene rings is 1. The van der Waals surface area contributed by atoms with Crippen LogP contribution in [-0.2, 0) is 14.3 Å². The molecular formula is C26H33N3O5. The van der Waals surface area contributed by atoms with E-state index in [4.69, 9.17) is 4.74 Å². The number of aryl methyl sites for hydroxylation is 1. The summed E-state index contributed by atoms with van der Waals surface area (Å²) >= 11 is 0. The zero-order valence-electron chi connectivity index (χ0n) is 20.7. The van der Waals surface area contributed by atoms with Crippen molar-refractivity contribution in [3.63, 3.8) is 0 Å². The van der Waals surface area contributed by atoms with Gasteiger partial charge in [-0.05, 0) is 56.4 Å². The number of carbonyl (C=O) groups excluding carboxylic acids is 4. The molecule has 1 N–H and O–H groups in total. The van der Waals surface area contributed by atoms with Crippen LogP contribution in [0.1, 0.15) is 73.8 Å². The van der Waals surface area contributed by atoms with E-state index in [2.05, 4.69) is 31.3 Å². The van der Waals surface area contributed by atoms with Crippen molar-refractivity contribution in [2.75, 3.05) is 13.2 Å². The van der Waals surface area contributed by atoms with E-state index in [0.29, 0.717) is 24.3 Å². The van der Waals surface area contributed by atoms with Crippen molar-refractivity contribution in [3.8, 4) is 5.69 Å². The molecule has 0 aliphatic carbocycles. The Balaban J connectivity index is 1.66.